The summed E-state index contributed by atoms with van der Waals surface area (Å²) in [6.45, 7) is 9.22. The van der Waals surface area contributed by atoms with Gasteiger partial charge in [-0.3, -0.25) is 4.79 Å². The topological polar surface area (TPSA) is 90.3 Å². The first-order valence-electron chi connectivity index (χ1n) is 14.4. The van der Waals surface area contributed by atoms with Gasteiger partial charge >= 0.3 is 0 Å². The van der Waals surface area contributed by atoms with Crippen molar-refractivity contribution in [2.24, 2.45) is 5.92 Å². The highest BCUT2D eigenvalue weighted by Crippen LogP contribution is 2.40. The van der Waals surface area contributed by atoms with Crippen LogP contribution in [0.15, 0.2) is 89.2 Å². The minimum Gasteiger partial charge on any atom is -0.490 e. The predicted octanol–water partition coefficient (Wildman–Crippen LogP) is 7.98. The first kappa shape index (κ1) is 30.5. The highest BCUT2D eigenvalue weighted by atomic mass is 35.5. The van der Waals surface area contributed by atoms with Crippen molar-refractivity contribution in [1.29, 1.82) is 0 Å². The van der Waals surface area contributed by atoms with Gasteiger partial charge in [0, 0.05) is 22.2 Å². The van der Waals surface area contributed by atoms with Gasteiger partial charge in [0.1, 0.15) is 6.04 Å². The summed E-state index contributed by atoms with van der Waals surface area (Å²) in [6.07, 6.45) is 0.935. The summed E-state index contributed by atoms with van der Waals surface area (Å²) in [6, 6.07) is 22.4. The second kappa shape index (κ2) is 14.0. The van der Waals surface area contributed by atoms with Crippen molar-refractivity contribution in [1.82, 2.24) is 14.8 Å². The van der Waals surface area contributed by atoms with Crippen molar-refractivity contribution in [2.75, 3.05) is 23.8 Å². The number of hydrogen-bond acceptors (Lipinski definition) is 7. The number of nitrogens with one attached hydrogen (secondary N) is 2. The number of thioether (sulfide) groups is 1. The summed E-state index contributed by atoms with van der Waals surface area (Å²) in [5.74, 6) is 2.75. The number of nitrogens with zero attached hydrogens (tertiary/aromatic N) is 3. The molecule has 1 aliphatic heterocycles. The number of allylic oxidation sites excluding steroid dienone is 1. The number of aromatic nitrogens is 3. The van der Waals surface area contributed by atoms with E-state index in [0.29, 0.717) is 69.5 Å². The first-order chi connectivity index (χ1) is 20.8. The molecule has 1 aliphatic rings. The maximum Gasteiger partial charge on any atom is 0.255 e. The number of carbonyl (C=O) groups excluding carboxylic acids is 1. The van der Waals surface area contributed by atoms with Crippen LogP contribution in [0.1, 0.15) is 51.3 Å². The van der Waals surface area contributed by atoms with Crippen LogP contribution in [0, 0.1) is 5.92 Å². The van der Waals surface area contributed by atoms with E-state index in [9.17, 15) is 4.79 Å². The molecule has 5 rings (SSSR count). The highest BCUT2D eigenvalue weighted by Gasteiger charge is 2.35. The number of fused-ring (bicyclic) bond motifs is 1. The van der Waals surface area contributed by atoms with Gasteiger partial charge in [0.05, 0.1) is 18.8 Å². The van der Waals surface area contributed by atoms with Gasteiger partial charge in [-0.2, -0.15) is 4.98 Å². The lowest BCUT2D eigenvalue weighted by Gasteiger charge is -2.29. The molecule has 1 amide bonds. The highest BCUT2D eigenvalue weighted by molar-refractivity contribution is 7.98. The van der Waals surface area contributed by atoms with Crippen molar-refractivity contribution >= 4 is 40.9 Å². The first-order valence-corrected chi connectivity index (χ1v) is 15.8. The predicted molar refractivity (Wildman–Crippen MR) is 173 cm³/mol. The van der Waals surface area contributed by atoms with E-state index in [1.54, 1.807) is 4.68 Å². The lowest BCUT2D eigenvalue weighted by atomic mass is 9.94. The smallest absolute Gasteiger partial charge is 0.255 e. The van der Waals surface area contributed by atoms with Gasteiger partial charge in [0.2, 0.25) is 11.1 Å². The van der Waals surface area contributed by atoms with Crippen LogP contribution in [0.5, 0.6) is 11.5 Å². The van der Waals surface area contributed by atoms with Crippen LogP contribution < -0.4 is 20.1 Å². The molecule has 0 aliphatic carbocycles. The van der Waals surface area contributed by atoms with E-state index in [2.05, 4.69) is 24.5 Å². The number of rotatable bonds is 12. The number of halogens is 1. The van der Waals surface area contributed by atoms with Gasteiger partial charge in [0.25, 0.3) is 5.91 Å². The Morgan fingerprint density at radius 3 is 2.58 bits per heavy atom. The normalized spacial score (nSPS) is 14.3. The molecule has 3 aromatic carbocycles. The van der Waals surface area contributed by atoms with E-state index in [1.807, 2.05) is 86.6 Å². The second-order valence-corrected chi connectivity index (χ2v) is 11.9. The molecule has 0 radical (unpaired) electrons. The van der Waals surface area contributed by atoms with Crippen LogP contribution in [0.4, 0.5) is 11.6 Å². The number of amides is 1. The fourth-order valence-electron chi connectivity index (χ4n) is 4.76. The van der Waals surface area contributed by atoms with Gasteiger partial charge in [-0.05, 0) is 67.6 Å². The molecule has 0 fully saturated rings. The Morgan fingerprint density at radius 1 is 1.07 bits per heavy atom. The molecular weight excluding hydrogens is 582 g/mol. The van der Waals surface area contributed by atoms with Gasteiger partial charge < -0.3 is 20.1 Å². The zero-order valence-corrected chi connectivity index (χ0v) is 26.3. The number of benzene rings is 3. The molecule has 4 aromatic rings. The number of ether oxygens (including phenoxy) is 2. The Hall–Kier alpha value is -3.95. The number of hydrogen-bond donors (Lipinski definition) is 2. The fraction of sp³-hybridized carbons (Fsp3) is 0.303. The van der Waals surface area contributed by atoms with Crippen LogP contribution >= 0.6 is 23.4 Å². The largest absolute Gasteiger partial charge is 0.490 e. The molecule has 0 bridgehead atoms. The summed E-state index contributed by atoms with van der Waals surface area (Å²) in [7, 11) is 0. The monoisotopic (exact) mass is 617 g/mol. The van der Waals surface area contributed by atoms with E-state index in [4.69, 9.17) is 31.2 Å². The Bertz CT molecular complexity index is 1610. The van der Waals surface area contributed by atoms with Gasteiger partial charge in [-0.25, -0.2) is 4.68 Å². The zero-order chi connectivity index (χ0) is 30.3. The second-order valence-electron chi connectivity index (χ2n) is 10.6. The van der Waals surface area contributed by atoms with Crippen LogP contribution in [-0.2, 0) is 10.5 Å². The van der Waals surface area contributed by atoms with Gasteiger partial charge in [-0.15, -0.1) is 5.10 Å². The lowest BCUT2D eigenvalue weighted by molar-refractivity contribution is -0.113. The van der Waals surface area contributed by atoms with Gasteiger partial charge in [0.15, 0.2) is 11.5 Å². The third-order valence-electron chi connectivity index (χ3n) is 6.96. The van der Waals surface area contributed by atoms with Crippen molar-refractivity contribution in [3.63, 3.8) is 0 Å². The molecule has 224 valence electrons. The standard InChI is InChI=1S/C33H36ClN5O3S/c1-5-41-28-19-23(15-16-27(28)42-18-17-21(2)3)30-29(31(40)36-25-12-7-6-8-13-25)22(4)35-32-37-33(38-39(30)32)43-20-24-11-9-10-14-26(24)34/h6-16,19,21,30H,5,17-18,20H2,1-4H3,(H,36,40)(H,35,37,38). The molecule has 1 aromatic heterocycles. The molecule has 1 atom stereocenters. The third-order valence-corrected chi connectivity index (χ3v) is 8.22. The van der Waals surface area contributed by atoms with E-state index in [1.165, 1.54) is 11.8 Å². The Morgan fingerprint density at radius 2 is 1.84 bits per heavy atom. The number of para-hydroxylation sites is 1. The quantitative estimate of drug-likeness (QED) is 0.156. The molecule has 0 saturated carbocycles. The van der Waals surface area contributed by atoms with Gasteiger partial charge in [-0.1, -0.05) is 79.7 Å². The number of carbonyl (C=O) groups is 1. The molecular formula is C33H36ClN5O3S. The van der Waals surface area contributed by atoms with Crippen molar-refractivity contribution in [3.8, 4) is 11.5 Å². The van der Waals surface area contributed by atoms with Crippen molar-refractivity contribution in [2.45, 2.75) is 51.1 Å². The SMILES string of the molecule is CCOc1cc(C2C(C(=O)Nc3ccccc3)=C(C)Nc3nc(SCc4ccccc4Cl)nn32)ccc1OCCC(C)C. The summed E-state index contributed by atoms with van der Waals surface area (Å²) >= 11 is 7.88. The summed E-state index contributed by atoms with van der Waals surface area (Å²) in [4.78, 5) is 18.6. The Balaban J connectivity index is 1.52. The minimum absolute atomic E-state index is 0.233. The molecule has 1 unspecified atom stereocenters. The molecule has 43 heavy (non-hydrogen) atoms. The lowest BCUT2D eigenvalue weighted by Crippen LogP contribution is -2.31. The molecule has 0 saturated heterocycles. The zero-order valence-electron chi connectivity index (χ0n) is 24.8. The maximum atomic E-state index is 13.9. The van der Waals surface area contributed by atoms with E-state index in [0.717, 1.165) is 17.5 Å². The van der Waals surface area contributed by atoms with E-state index < -0.39 is 6.04 Å². The molecule has 10 heteroatoms. The third kappa shape index (κ3) is 7.35. The fourth-order valence-corrected chi connectivity index (χ4v) is 5.87. The maximum absolute atomic E-state index is 13.9. The van der Waals surface area contributed by atoms with Crippen LogP contribution in [0.2, 0.25) is 5.02 Å². The average molecular weight is 618 g/mol. The molecule has 2 N–H and O–H groups in total. The average Bonchev–Trinajstić information content (AvgIpc) is 3.39. The Labute approximate surface area is 261 Å². The molecule has 2 heterocycles. The van der Waals surface area contributed by atoms with E-state index >= 15 is 0 Å². The van der Waals surface area contributed by atoms with Crippen LogP contribution in [-0.4, -0.2) is 33.9 Å². The van der Waals surface area contributed by atoms with Crippen molar-refractivity contribution in [3.05, 3.63) is 100 Å². The van der Waals surface area contributed by atoms with E-state index in [-0.39, 0.29) is 5.91 Å². The summed E-state index contributed by atoms with van der Waals surface area (Å²) in [5.41, 5.74) is 3.75. The Kier molecular flexibility index (Phi) is 9.94. The summed E-state index contributed by atoms with van der Waals surface area (Å²) in [5, 5.41) is 12.5. The van der Waals surface area contributed by atoms with Crippen LogP contribution in [0.3, 0.4) is 0 Å². The molecule has 0 spiro atoms. The van der Waals surface area contributed by atoms with Crippen molar-refractivity contribution < 1.29 is 14.3 Å². The summed E-state index contributed by atoms with van der Waals surface area (Å²) < 4.78 is 13.9. The van der Waals surface area contributed by atoms with Crippen LogP contribution in [0.25, 0.3) is 0 Å². The molecule has 8 nitrogen and oxygen atoms in total. The number of anilines is 2. The minimum atomic E-state index is -0.564.